The van der Waals surface area contributed by atoms with Gasteiger partial charge in [0, 0.05) is 32.1 Å². The minimum atomic E-state index is -0.513. The van der Waals surface area contributed by atoms with Gasteiger partial charge in [0.05, 0.1) is 11.4 Å². The largest absolute Gasteiger partial charge is 0.369 e. The summed E-state index contributed by atoms with van der Waals surface area (Å²) >= 11 is 0. The van der Waals surface area contributed by atoms with Gasteiger partial charge in [0.2, 0.25) is 11.8 Å². The zero-order valence-electron chi connectivity index (χ0n) is 13.8. The first-order valence-corrected chi connectivity index (χ1v) is 8.85. The molecular formula is C18H24N4O2. The Bertz CT molecular complexity index is 648. The van der Waals surface area contributed by atoms with Crippen LogP contribution in [0.3, 0.4) is 0 Å². The number of carbonyl (C=O) groups is 2. The maximum atomic E-state index is 12.6. The molecule has 0 radical (unpaired) electrons. The Morgan fingerprint density at radius 1 is 1.21 bits per heavy atom. The maximum Gasteiger partial charge on any atom is 0.250 e. The zero-order valence-corrected chi connectivity index (χ0v) is 13.8. The van der Waals surface area contributed by atoms with Crippen LogP contribution in [0.5, 0.6) is 0 Å². The third-order valence-electron chi connectivity index (χ3n) is 5.29. The molecule has 1 saturated carbocycles. The van der Waals surface area contributed by atoms with Crippen LogP contribution in [0.2, 0.25) is 0 Å². The molecule has 3 aliphatic rings. The molecule has 2 amide bonds. The van der Waals surface area contributed by atoms with Crippen molar-refractivity contribution in [3.8, 4) is 0 Å². The molecule has 0 atom stereocenters. The van der Waals surface area contributed by atoms with Crippen LogP contribution in [0.4, 0.5) is 11.4 Å². The van der Waals surface area contributed by atoms with Crippen LogP contribution in [0.25, 0.3) is 0 Å². The summed E-state index contributed by atoms with van der Waals surface area (Å²) < 4.78 is 0. The van der Waals surface area contributed by atoms with Crippen molar-refractivity contribution >= 4 is 23.2 Å². The van der Waals surface area contributed by atoms with Crippen molar-refractivity contribution in [2.24, 2.45) is 0 Å². The number of hydrogen-bond acceptors (Lipinski definition) is 4. The smallest absolute Gasteiger partial charge is 0.250 e. The van der Waals surface area contributed by atoms with E-state index in [-0.39, 0.29) is 11.8 Å². The van der Waals surface area contributed by atoms with Crippen LogP contribution in [0.1, 0.15) is 32.1 Å². The third kappa shape index (κ3) is 3.11. The number of amides is 2. The standard InChI is InChI=1S/C18H24N4O2/c23-16(19-13-5-6-13)7-10-22-11-8-18(9-12-22)17(24)20-14-3-1-2-4-15(14)21-18/h1-4,13,21H,5-12H2,(H,19,23)(H,20,24). The Morgan fingerprint density at radius 3 is 2.62 bits per heavy atom. The highest BCUT2D eigenvalue weighted by atomic mass is 16.2. The Balaban J connectivity index is 1.32. The molecule has 24 heavy (non-hydrogen) atoms. The lowest BCUT2D eigenvalue weighted by molar-refractivity contribution is -0.123. The average molecular weight is 328 g/mol. The Morgan fingerprint density at radius 2 is 1.92 bits per heavy atom. The lowest BCUT2D eigenvalue weighted by Crippen LogP contribution is -2.58. The molecule has 128 valence electrons. The van der Waals surface area contributed by atoms with Crippen LogP contribution >= 0.6 is 0 Å². The molecule has 1 saturated heterocycles. The van der Waals surface area contributed by atoms with E-state index in [1.807, 2.05) is 24.3 Å². The van der Waals surface area contributed by atoms with Crippen molar-refractivity contribution in [3.63, 3.8) is 0 Å². The Kier molecular flexibility index (Phi) is 3.92. The average Bonchev–Trinajstić information content (AvgIpc) is 3.39. The number of nitrogens with zero attached hydrogens (tertiary/aromatic N) is 1. The summed E-state index contributed by atoms with van der Waals surface area (Å²) in [4.78, 5) is 26.7. The molecule has 1 aromatic carbocycles. The second kappa shape index (κ2) is 6.09. The van der Waals surface area contributed by atoms with Crippen LogP contribution in [0.15, 0.2) is 24.3 Å². The highest BCUT2D eigenvalue weighted by Gasteiger charge is 2.44. The normalized spacial score (nSPS) is 22.4. The summed E-state index contributed by atoms with van der Waals surface area (Å²) in [5.41, 5.74) is 1.34. The van der Waals surface area contributed by atoms with Crippen molar-refractivity contribution in [3.05, 3.63) is 24.3 Å². The predicted molar refractivity (Wildman–Crippen MR) is 92.9 cm³/mol. The summed E-state index contributed by atoms with van der Waals surface area (Å²) in [6, 6.07) is 8.25. The molecule has 4 rings (SSSR count). The van der Waals surface area contributed by atoms with E-state index in [4.69, 9.17) is 0 Å². The lowest BCUT2D eigenvalue weighted by atomic mass is 9.84. The van der Waals surface area contributed by atoms with Gasteiger partial charge in [0.25, 0.3) is 0 Å². The number of nitrogens with one attached hydrogen (secondary N) is 3. The quantitative estimate of drug-likeness (QED) is 0.784. The number of carbonyl (C=O) groups excluding carboxylic acids is 2. The van der Waals surface area contributed by atoms with Crippen LogP contribution in [-0.2, 0) is 9.59 Å². The number of hydrogen-bond donors (Lipinski definition) is 3. The van der Waals surface area contributed by atoms with E-state index in [1.54, 1.807) is 0 Å². The summed E-state index contributed by atoms with van der Waals surface area (Å²) in [7, 11) is 0. The summed E-state index contributed by atoms with van der Waals surface area (Å²) in [5, 5.41) is 9.52. The number of rotatable bonds is 4. The van der Waals surface area contributed by atoms with Crippen molar-refractivity contribution in [1.82, 2.24) is 10.2 Å². The molecule has 0 unspecified atom stereocenters. The van der Waals surface area contributed by atoms with Gasteiger partial charge < -0.3 is 20.9 Å². The fourth-order valence-electron chi connectivity index (χ4n) is 3.56. The molecule has 1 aliphatic carbocycles. The van der Waals surface area contributed by atoms with Crippen LogP contribution < -0.4 is 16.0 Å². The maximum absolute atomic E-state index is 12.6. The molecular weight excluding hydrogens is 304 g/mol. The molecule has 1 aromatic rings. The fraction of sp³-hybridized carbons (Fsp3) is 0.556. The van der Waals surface area contributed by atoms with Crippen molar-refractivity contribution in [1.29, 1.82) is 0 Å². The van der Waals surface area contributed by atoms with E-state index < -0.39 is 5.54 Å². The van der Waals surface area contributed by atoms with Gasteiger partial charge in [-0.05, 0) is 37.8 Å². The van der Waals surface area contributed by atoms with Crippen molar-refractivity contribution in [2.75, 3.05) is 30.3 Å². The molecule has 1 spiro atoms. The van der Waals surface area contributed by atoms with Gasteiger partial charge >= 0.3 is 0 Å². The van der Waals surface area contributed by atoms with E-state index in [0.717, 1.165) is 56.7 Å². The first-order valence-electron chi connectivity index (χ1n) is 8.85. The van der Waals surface area contributed by atoms with Gasteiger partial charge in [-0.3, -0.25) is 9.59 Å². The minimum Gasteiger partial charge on any atom is -0.369 e. The Hall–Kier alpha value is -2.08. The predicted octanol–water partition coefficient (Wildman–Crippen LogP) is 1.55. The highest BCUT2D eigenvalue weighted by molar-refractivity contribution is 6.06. The van der Waals surface area contributed by atoms with E-state index >= 15 is 0 Å². The molecule has 0 bridgehead atoms. The summed E-state index contributed by atoms with van der Waals surface area (Å²) in [6.45, 7) is 2.44. The van der Waals surface area contributed by atoms with Gasteiger partial charge in [-0.15, -0.1) is 0 Å². The number of anilines is 2. The van der Waals surface area contributed by atoms with E-state index in [0.29, 0.717) is 12.5 Å². The van der Waals surface area contributed by atoms with E-state index in [2.05, 4.69) is 20.9 Å². The first kappa shape index (κ1) is 15.4. The topological polar surface area (TPSA) is 73.5 Å². The summed E-state index contributed by atoms with van der Waals surface area (Å²) in [6.07, 6.45) is 4.32. The third-order valence-corrected chi connectivity index (χ3v) is 5.29. The number of benzene rings is 1. The summed E-state index contributed by atoms with van der Waals surface area (Å²) in [5.74, 6) is 0.215. The van der Waals surface area contributed by atoms with Gasteiger partial charge in [0.15, 0.2) is 0 Å². The number of para-hydroxylation sites is 2. The van der Waals surface area contributed by atoms with Gasteiger partial charge in [0.1, 0.15) is 5.54 Å². The van der Waals surface area contributed by atoms with E-state index in [1.165, 1.54) is 0 Å². The molecule has 6 heteroatoms. The number of fused-ring (bicyclic) bond motifs is 1. The molecule has 2 aliphatic heterocycles. The van der Waals surface area contributed by atoms with E-state index in [9.17, 15) is 9.59 Å². The first-order chi connectivity index (χ1) is 11.6. The van der Waals surface area contributed by atoms with Gasteiger partial charge in [-0.1, -0.05) is 12.1 Å². The molecule has 2 fully saturated rings. The van der Waals surface area contributed by atoms with Crippen molar-refractivity contribution in [2.45, 2.75) is 43.7 Å². The highest BCUT2D eigenvalue weighted by Crippen LogP contribution is 2.36. The fourth-order valence-corrected chi connectivity index (χ4v) is 3.56. The van der Waals surface area contributed by atoms with Crippen molar-refractivity contribution < 1.29 is 9.59 Å². The molecule has 3 N–H and O–H groups in total. The number of likely N-dealkylation sites (tertiary alicyclic amines) is 1. The number of piperidine rings is 1. The van der Waals surface area contributed by atoms with Crippen LogP contribution in [0, 0.1) is 0 Å². The lowest BCUT2D eigenvalue weighted by Gasteiger charge is -2.44. The molecule has 6 nitrogen and oxygen atoms in total. The second-order valence-corrected chi connectivity index (χ2v) is 7.14. The Labute approximate surface area is 142 Å². The minimum absolute atomic E-state index is 0.0623. The molecule has 0 aromatic heterocycles. The molecule has 2 heterocycles. The van der Waals surface area contributed by atoms with Gasteiger partial charge in [-0.2, -0.15) is 0 Å². The zero-order chi connectivity index (χ0) is 16.6. The van der Waals surface area contributed by atoms with Crippen LogP contribution in [-0.4, -0.2) is 47.9 Å². The van der Waals surface area contributed by atoms with Gasteiger partial charge in [-0.25, -0.2) is 0 Å². The SMILES string of the molecule is O=C(CCN1CCC2(CC1)Nc1ccccc1NC2=O)NC1CC1. The second-order valence-electron chi connectivity index (χ2n) is 7.14. The monoisotopic (exact) mass is 328 g/mol.